The lowest BCUT2D eigenvalue weighted by atomic mass is 9.49. The zero-order valence-electron chi connectivity index (χ0n) is 35.8. The summed E-state index contributed by atoms with van der Waals surface area (Å²) in [6.07, 6.45) is 2.56. The minimum atomic E-state index is -0.606. The summed E-state index contributed by atoms with van der Waals surface area (Å²) in [6.45, 7) is 15.6. The molecule has 4 amide bonds. The number of nitriles is 1. The maximum absolute atomic E-state index is 13.7. The molecule has 14 heteroatoms. The summed E-state index contributed by atoms with van der Waals surface area (Å²) in [4.78, 5) is 74.7. The smallest absolute Gasteiger partial charge is 0.255 e. The second kappa shape index (κ2) is 15.9. The number of anilines is 2. The lowest BCUT2D eigenvalue weighted by Crippen LogP contribution is -2.74. The van der Waals surface area contributed by atoms with Gasteiger partial charge in [0, 0.05) is 110 Å². The summed E-state index contributed by atoms with van der Waals surface area (Å²) in [7, 11) is 0. The monoisotopic (exact) mass is 838 g/mol. The molecule has 0 spiro atoms. The van der Waals surface area contributed by atoms with Crippen LogP contribution < -0.4 is 30.7 Å². The van der Waals surface area contributed by atoms with Crippen molar-refractivity contribution in [3.05, 3.63) is 99.3 Å². The number of ether oxygens (including phenoxy) is 1. The third-order valence-electron chi connectivity index (χ3n) is 14.2. The molecule has 62 heavy (non-hydrogen) atoms. The lowest BCUT2D eigenvalue weighted by molar-refractivity contribution is -0.163. The van der Waals surface area contributed by atoms with E-state index in [2.05, 4.69) is 70.1 Å². The summed E-state index contributed by atoms with van der Waals surface area (Å²) in [6, 6.07) is 21.9. The first-order valence-corrected chi connectivity index (χ1v) is 21.8. The number of carbonyl (C=O) groups is 4. The van der Waals surface area contributed by atoms with E-state index in [0.717, 1.165) is 75.6 Å². The first-order chi connectivity index (χ1) is 29.7. The average Bonchev–Trinajstić information content (AvgIpc) is 3.59. The fourth-order valence-corrected chi connectivity index (χ4v) is 11.1. The number of aromatic nitrogens is 1. The van der Waals surface area contributed by atoms with Crippen LogP contribution in [0.5, 0.6) is 5.75 Å². The average molecular weight is 839 g/mol. The van der Waals surface area contributed by atoms with Crippen molar-refractivity contribution in [1.29, 1.82) is 5.26 Å². The van der Waals surface area contributed by atoms with Crippen molar-refractivity contribution in [3.8, 4) is 11.8 Å². The van der Waals surface area contributed by atoms with Gasteiger partial charge in [-0.25, -0.2) is 0 Å². The van der Waals surface area contributed by atoms with Crippen molar-refractivity contribution in [2.24, 2.45) is 16.7 Å². The Morgan fingerprint density at radius 1 is 0.839 bits per heavy atom. The summed E-state index contributed by atoms with van der Waals surface area (Å²) < 4.78 is 6.62. The van der Waals surface area contributed by atoms with Gasteiger partial charge in [0.25, 0.3) is 11.8 Å². The van der Waals surface area contributed by atoms with Gasteiger partial charge in [0.1, 0.15) is 24.0 Å². The van der Waals surface area contributed by atoms with Gasteiger partial charge in [-0.2, -0.15) is 5.26 Å². The number of hydrogen-bond acceptors (Lipinski definition) is 10. The third kappa shape index (κ3) is 7.46. The highest BCUT2D eigenvalue weighted by Gasteiger charge is 2.64. The van der Waals surface area contributed by atoms with Crippen LogP contribution in [-0.4, -0.2) is 102 Å². The van der Waals surface area contributed by atoms with Gasteiger partial charge in [0.2, 0.25) is 17.4 Å². The number of piperidine rings is 2. The van der Waals surface area contributed by atoms with Crippen molar-refractivity contribution in [2.75, 3.05) is 55.6 Å². The molecule has 0 bridgehead atoms. The number of piperazine rings is 1. The molecule has 5 heterocycles. The highest BCUT2D eigenvalue weighted by atomic mass is 16.5. The van der Waals surface area contributed by atoms with E-state index in [4.69, 9.17) is 4.74 Å². The van der Waals surface area contributed by atoms with E-state index < -0.39 is 16.9 Å². The Labute approximate surface area is 361 Å². The van der Waals surface area contributed by atoms with Gasteiger partial charge in [0.15, 0.2) is 0 Å². The summed E-state index contributed by atoms with van der Waals surface area (Å²) in [5.74, 6) is 0.265. The maximum atomic E-state index is 13.7. The van der Waals surface area contributed by atoms with Crippen LogP contribution in [0.15, 0.2) is 71.5 Å². The number of benzene rings is 3. The molecule has 3 N–H and O–H groups in total. The van der Waals surface area contributed by atoms with E-state index in [1.165, 1.54) is 6.07 Å². The highest BCUT2D eigenvalue weighted by Crippen LogP contribution is 2.56. The molecule has 322 valence electrons. The molecule has 4 fully saturated rings. The molecule has 1 saturated carbocycles. The molecule has 14 nitrogen and oxygen atoms in total. The molecule has 4 aliphatic heterocycles. The van der Waals surface area contributed by atoms with Crippen molar-refractivity contribution < 1.29 is 23.9 Å². The molecule has 1 aliphatic carbocycles. The Kier molecular flexibility index (Phi) is 10.6. The van der Waals surface area contributed by atoms with Crippen molar-refractivity contribution in [2.45, 2.75) is 78.1 Å². The zero-order valence-corrected chi connectivity index (χ0v) is 35.8. The topological polar surface area (TPSA) is 171 Å². The zero-order chi connectivity index (χ0) is 43.5. The number of aromatic amines is 1. The summed E-state index contributed by atoms with van der Waals surface area (Å²) in [5.41, 5.74) is 4.15. The van der Waals surface area contributed by atoms with Crippen LogP contribution in [0.4, 0.5) is 11.4 Å². The van der Waals surface area contributed by atoms with Gasteiger partial charge in [-0.3, -0.25) is 34.2 Å². The van der Waals surface area contributed by atoms with Crippen molar-refractivity contribution >= 4 is 45.9 Å². The van der Waals surface area contributed by atoms with E-state index in [1.807, 2.05) is 36.4 Å². The predicted molar refractivity (Wildman–Crippen MR) is 235 cm³/mol. The number of amides is 4. The fourth-order valence-electron chi connectivity index (χ4n) is 11.1. The molecule has 1 unspecified atom stereocenters. The van der Waals surface area contributed by atoms with E-state index in [1.54, 1.807) is 23.1 Å². The van der Waals surface area contributed by atoms with Gasteiger partial charge in [-0.15, -0.1) is 0 Å². The minimum Gasteiger partial charge on any atom is -0.488 e. The quantitative estimate of drug-likeness (QED) is 0.199. The van der Waals surface area contributed by atoms with Crippen molar-refractivity contribution in [3.63, 3.8) is 0 Å². The molecular formula is C48H54N8O6. The second-order valence-corrected chi connectivity index (χ2v) is 18.9. The Bertz CT molecular complexity index is 2530. The maximum Gasteiger partial charge on any atom is 0.255 e. The number of hydrogen-bond donors (Lipinski definition) is 3. The number of pyridine rings is 1. The molecule has 3 aromatic carbocycles. The van der Waals surface area contributed by atoms with Crippen LogP contribution in [0.25, 0.3) is 10.9 Å². The van der Waals surface area contributed by atoms with Crippen LogP contribution in [0.2, 0.25) is 0 Å². The van der Waals surface area contributed by atoms with E-state index in [-0.39, 0.29) is 47.8 Å². The van der Waals surface area contributed by atoms with Gasteiger partial charge in [-0.05, 0) is 91.4 Å². The number of H-pyrrole nitrogens is 1. The molecule has 3 saturated heterocycles. The van der Waals surface area contributed by atoms with Crippen LogP contribution >= 0.6 is 0 Å². The van der Waals surface area contributed by atoms with Crippen LogP contribution in [0, 0.1) is 28.1 Å². The molecule has 5 aliphatic rings. The Morgan fingerprint density at radius 3 is 2.23 bits per heavy atom. The van der Waals surface area contributed by atoms with Gasteiger partial charge in [-0.1, -0.05) is 27.7 Å². The molecule has 4 aromatic rings. The number of carbonyl (C=O) groups excluding carboxylic acids is 4. The van der Waals surface area contributed by atoms with Crippen LogP contribution in [0.1, 0.15) is 85.2 Å². The second-order valence-electron chi connectivity index (χ2n) is 18.9. The number of imide groups is 1. The van der Waals surface area contributed by atoms with Crippen LogP contribution in [0.3, 0.4) is 0 Å². The normalized spacial score (nSPS) is 23.7. The molecule has 1 aromatic heterocycles. The van der Waals surface area contributed by atoms with Gasteiger partial charge < -0.3 is 29.7 Å². The molecule has 1 atom stereocenters. The van der Waals surface area contributed by atoms with E-state index in [9.17, 15) is 29.2 Å². The number of fused-ring (bicyclic) bond motifs is 2. The Balaban J connectivity index is 0.736. The van der Waals surface area contributed by atoms with E-state index in [0.29, 0.717) is 52.2 Å². The third-order valence-corrected chi connectivity index (χ3v) is 14.2. The standard InChI is InChI=1S/C48H54N8O6/c1-47(2)45(48(3,4)46(47)62-38-14-7-31(26-49)41-36(38)12-15-39(57)50-41)52-42(59)30-5-8-33(9-6-30)55-23-21-53(22-24-55)27-29-17-19-54(20-18-29)34-10-11-35-32(25-34)28-56(44(35)61)37-13-16-40(58)51-43(37)60/h5-12,14-15,25,29,37,45-46H,13,16-24,27-28H2,1-4H3,(H,50,57)(H,52,59)(H,51,58,60). The minimum absolute atomic E-state index is 0.124. The fraction of sp³-hybridized carbons (Fsp3) is 0.458. The predicted octanol–water partition coefficient (Wildman–Crippen LogP) is 4.81. The molecule has 0 radical (unpaired) electrons. The molecular weight excluding hydrogens is 785 g/mol. The van der Waals surface area contributed by atoms with Crippen molar-refractivity contribution in [1.82, 2.24) is 25.4 Å². The molecule has 9 rings (SSSR count). The number of nitrogens with one attached hydrogen (secondary N) is 3. The van der Waals surface area contributed by atoms with Gasteiger partial charge in [0.05, 0.1) is 11.1 Å². The SMILES string of the molecule is CC1(C)C(NC(=O)c2ccc(N3CCN(CC4CCN(c5ccc6c(c5)CN(C5CCC(=O)NC5=O)C6=O)CC4)CC3)cc2)C(C)(C)C1Oc1ccc(C#N)c2[nH]c(=O)ccc12. The summed E-state index contributed by atoms with van der Waals surface area (Å²) >= 11 is 0. The van der Waals surface area contributed by atoms with Gasteiger partial charge >= 0.3 is 0 Å². The Morgan fingerprint density at radius 2 is 1.53 bits per heavy atom. The number of rotatable bonds is 9. The largest absolute Gasteiger partial charge is 0.488 e. The highest BCUT2D eigenvalue weighted by molar-refractivity contribution is 6.05. The first kappa shape index (κ1) is 41.2. The number of nitrogens with zero attached hydrogens (tertiary/aromatic N) is 5. The Hall–Kier alpha value is -6.20. The lowest BCUT2D eigenvalue weighted by Gasteiger charge is -2.63. The van der Waals surface area contributed by atoms with E-state index >= 15 is 0 Å². The summed E-state index contributed by atoms with van der Waals surface area (Å²) in [5, 5.41) is 15.9. The van der Waals surface area contributed by atoms with Crippen LogP contribution in [-0.2, 0) is 16.1 Å². The first-order valence-electron chi connectivity index (χ1n) is 21.8.